The Morgan fingerprint density at radius 2 is 1.92 bits per heavy atom. The van der Waals surface area contributed by atoms with E-state index >= 15 is 0 Å². The first-order valence-corrected chi connectivity index (χ1v) is 4.65. The third-order valence-electron chi connectivity index (χ3n) is 2.01. The quantitative estimate of drug-likeness (QED) is 0.668. The third-order valence-corrected chi connectivity index (χ3v) is 2.01. The van der Waals surface area contributed by atoms with Gasteiger partial charge in [-0.15, -0.1) is 0 Å². The second-order valence-corrected chi connectivity index (χ2v) is 3.87. The summed E-state index contributed by atoms with van der Waals surface area (Å²) in [7, 11) is 0. The van der Waals surface area contributed by atoms with E-state index in [1.165, 1.54) is 0 Å². The van der Waals surface area contributed by atoms with Gasteiger partial charge in [-0.05, 0) is 6.07 Å². The van der Waals surface area contributed by atoms with Crippen molar-refractivity contribution in [3.8, 4) is 0 Å². The molecular weight excluding hydrogens is 164 g/mol. The lowest BCUT2D eigenvalue weighted by Gasteiger charge is -2.06. The summed E-state index contributed by atoms with van der Waals surface area (Å²) < 4.78 is 5.28. The molecule has 2 nitrogen and oxygen atoms in total. The molecule has 2 heteroatoms. The Kier molecular flexibility index (Phi) is 2.91. The van der Waals surface area contributed by atoms with Crippen molar-refractivity contribution in [1.82, 2.24) is 0 Å². The first kappa shape index (κ1) is 10.0. The number of Topliss-reactive ketones (excluding diaryl/α,β-unsaturated/α-hetero) is 1. The molecule has 0 bridgehead atoms. The minimum Gasteiger partial charge on any atom is -0.468 e. The average Bonchev–Trinajstić information content (AvgIpc) is 2.50. The van der Waals surface area contributed by atoms with E-state index in [0.29, 0.717) is 0 Å². The summed E-state index contributed by atoms with van der Waals surface area (Å²) in [6, 6.07) is 1.76. The van der Waals surface area contributed by atoms with E-state index in [9.17, 15) is 4.79 Å². The zero-order chi connectivity index (χ0) is 10.0. The van der Waals surface area contributed by atoms with Gasteiger partial charge in [-0.3, -0.25) is 4.79 Å². The third kappa shape index (κ3) is 2.00. The summed E-state index contributed by atoms with van der Waals surface area (Å²) >= 11 is 0. The van der Waals surface area contributed by atoms with E-state index < -0.39 is 0 Å². The van der Waals surface area contributed by atoms with Crippen molar-refractivity contribution in [3.63, 3.8) is 0 Å². The van der Waals surface area contributed by atoms with E-state index in [1.807, 2.05) is 27.7 Å². The molecule has 1 aromatic rings. The minimum absolute atomic E-state index is 0.0371. The van der Waals surface area contributed by atoms with Crippen molar-refractivity contribution in [2.45, 2.75) is 33.6 Å². The predicted molar refractivity (Wildman–Crippen MR) is 52.0 cm³/mol. The van der Waals surface area contributed by atoms with Gasteiger partial charge in [-0.25, -0.2) is 0 Å². The molecule has 0 saturated carbocycles. The number of hydrogen-bond donors (Lipinski definition) is 0. The van der Waals surface area contributed by atoms with Crippen LogP contribution in [-0.2, 0) is 0 Å². The zero-order valence-corrected chi connectivity index (χ0v) is 8.63. The summed E-state index contributed by atoms with van der Waals surface area (Å²) in [6.07, 6.45) is 1.59. The number of carbonyl (C=O) groups is 1. The van der Waals surface area contributed by atoms with Gasteiger partial charge in [0.05, 0.1) is 11.8 Å². The molecule has 0 radical (unpaired) electrons. The normalized spacial score (nSPS) is 11.2. The van der Waals surface area contributed by atoms with Gasteiger partial charge >= 0.3 is 0 Å². The first-order valence-electron chi connectivity index (χ1n) is 4.65. The molecule has 0 aromatic carbocycles. The summed E-state index contributed by atoms with van der Waals surface area (Å²) in [5.74, 6) is 1.28. The number of furan rings is 1. The average molecular weight is 180 g/mol. The zero-order valence-electron chi connectivity index (χ0n) is 8.63. The molecule has 0 unspecified atom stereocenters. The molecule has 13 heavy (non-hydrogen) atoms. The Morgan fingerprint density at radius 1 is 1.31 bits per heavy atom. The van der Waals surface area contributed by atoms with Crippen molar-refractivity contribution in [2.75, 3.05) is 0 Å². The maximum Gasteiger partial charge on any atom is 0.168 e. The van der Waals surface area contributed by atoms with Crippen molar-refractivity contribution < 1.29 is 9.21 Å². The standard InChI is InChI=1S/C11H16O2/c1-7(2)10(12)9-5-6-13-11(9)8(3)4/h5-8H,1-4H3. The fourth-order valence-corrected chi connectivity index (χ4v) is 1.28. The Bertz CT molecular complexity index is 295. The van der Waals surface area contributed by atoms with E-state index in [4.69, 9.17) is 4.42 Å². The van der Waals surface area contributed by atoms with Crippen LogP contribution in [0, 0.1) is 5.92 Å². The van der Waals surface area contributed by atoms with Gasteiger partial charge in [0.15, 0.2) is 5.78 Å². The van der Waals surface area contributed by atoms with Gasteiger partial charge in [-0.1, -0.05) is 27.7 Å². The van der Waals surface area contributed by atoms with Crippen LogP contribution >= 0.6 is 0 Å². The van der Waals surface area contributed by atoms with E-state index in [-0.39, 0.29) is 17.6 Å². The number of ketones is 1. The Balaban J connectivity index is 3.01. The minimum atomic E-state index is 0.0371. The number of carbonyl (C=O) groups excluding carboxylic acids is 1. The Labute approximate surface area is 78.9 Å². The van der Waals surface area contributed by atoms with Gasteiger partial charge in [0.25, 0.3) is 0 Å². The maximum absolute atomic E-state index is 11.7. The molecule has 0 saturated heterocycles. The number of hydrogen-bond acceptors (Lipinski definition) is 2. The van der Waals surface area contributed by atoms with E-state index in [0.717, 1.165) is 11.3 Å². The maximum atomic E-state index is 11.7. The van der Waals surface area contributed by atoms with Crippen LogP contribution in [-0.4, -0.2) is 5.78 Å². The van der Waals surface area contributed by atoms with Crippen LogP contribution in [0.1, 0.15) is 49.7 Å². The fraction of sp³-hybridized carbons (Fsp3) is 0.545. The molecule has 0 aliphatic rings. The van der Waals surface area contributed by atoms with Crippen LogP contribution in [0.4, 0.5) is 0 Å². The lowest BCUT2D eigenvalue weighted by molar-refractivity contribution is 0.0937. The van der Waals surface area contributed by atoms with Crippen molar-refractivity contribution in [1.29, 1.82) is 0 Å². The van der Waals surface area contributed by atoms with E-state index in [1.54, 1.807) is 12.3 Å². The molecule has 1 heterocycles. The summed E-state index contributed by atoms with van der Waals surface area (Å²) in [4.78, 5) is 11.7. The molecular formula is C11H16O2. The molecule has 0 amide bonds. The fourth-order valence-electron chi connectivity index (χ4n) is 1.28. The monoisotopic (exact) mass is 180 g/mol. The first-order chi connectivity index (χ1) is 6.04. The van der Waals surface area contributed by atoms with Gasteiger partial charge in [0.2, 0.25) is 0 Å². The highest BCUT2D eigenvalue weighted by molar-refractivity contribution is 5.98. The van der Waals surface area contributed by atoms with Crippen LogP contribution in [0.3, 0.4) is 0 Å². The smallest absolute Gasteiger partial charge is 0.168 e. The molecule has 0 atom stereocenters. The van der Waals surface area contributed by atoms with Crippen LogP contribution < -0.4 is 0 Å². The van der Waals surface area contributed by atoms with Gasteiger partial charge in [0, 0.05) is 11.8 Å². The summed E-state index contributed by atoms with van der Waals surface area (Å²) in [6.45, 7) is 7.85. The molecule has 1 rings (SSSR count). The highest BCUT2D eigenvalue weighted by atomic mass is 16.3. The van der Waals surface area contributed by atoms with Gasteiger partial charge in [0.1, 0.15) is 5.76 Å². The lowest BCUT2D eigenvalue weighted by atomic mass is 9.98. The van der Waals surface area contributed by atoms with Gasteiger partial charge < -0.3 is 4.42 Å². The van der Waals surface area contributed by atoms with Crippen LogP contribution in [0.5, 0.6) is 0 Å². The van der Waals surface area contributed by atoms with Crippen molar-refractivity contribution >= 4 is 5.78 Å². The van der Waals surface area contributed by atoms with Crippen LogP contribution in [0.15, 0.2) is 16.7 Å². The lowest BCUT2D eigenvalue weighted by Crippen LogP contribution is -2.09. The highest BCUT2D eigenvalue weighted by Gasteiger charge is 2.18. The Hall–Kier alpha value is -1.05. The second-order valence-electron chi connectivity index (χ2n) is 3.87. The van der Waals surface area contributed by atoms with Crippen molar-refractivity contribution in [3.05, 3.63) is 23.7 Å². The summed E-state index contributed by atoms with van der Waals surface area (Å²) in [5, 5.41) is 0. The van der Waals surface area contributed by atoms with Crippen LogP contribution in [0.2, 0.25) is 0 Å². The summed E-state index contributed by atoms with van der Waals surface area (Å²) in [5.41, 5.74) is 0.741. The topological polar surface area (TPSA) is 30.2 Å². The predicted octanol–water partition coefficient (Wildman–Crippen LogP) is 3.24. The molecule has 1 aromatic heterocycles. The van der Waals surface area contributed by atoms with Gasteiger partial charge in [-0.2, -0.15) is 0 Å². The molecule has 0 aliphatic carbocycles. The molecule has 0 fully saturated rings. The second kappa shape index (κ2) is 3.77. The molecule has 0 aliphatic heterocycles. The highest BCUT2D eigenvalue weighted by Crippen LogP contribution is 2.22. The Morgan fingerprint density at radius 3 is 2.38 bits per heavy atom. The molecule has 72 valence electrons. The SMILES string of the molecule is CC(C)C(=O)c1ccoc1C(C)C. The van der Waals surface area contributed by atoms with Crippen LogP contribution in [0.25, 0.3) is 0 Å². The number of rotatable bonds is 3. The molecule has 0 spiro atoms. The van der Waals surface area contributed by atoms with E-state index in [2.05, 4.69) is 0 Å². The largest absolute Gasteiger partial charge is 0.468 e. The van der Waals surface area contributed by atoms with Crippen molar-refractivity contribution in [2.24, 2.45) is 5.92 Å². The molecule has 0 N–H and O–H groups in total.